The van der Waals surface area contributed by atoms with Gasteiger partial charge in [0.15, 0.2) is 6.10 Å². The zero-order chi connectivity index (χ0) is 40.7. The lowest BCUT2D eigenvalue weighted by atomic mass is 9.85. The zero-order valence-corrected chi connectivity index (χ0v) is 34.9. The standard InChI is InChI=1S/C41H77O13P/c1-3-5-7-9-11-13-14-15-16-17-18-19-20-22-23-25-27-29-34(42)51-31-33(53-35(43)30-28-26-24-21-12-10-8-6-4-2)32-52-55(49,50)54-41-39(47)37(45)36(44)38(46)40(41)48/h15-16,33,36-41,44-48H,3-14,17-32H2,1-2H3,(H,49,50)/b16-15-/t33-,36?,37-,38?,39?,40?,41?/m1/s1. The topological polar surface area (TPSA) is 210 Å². The summed E-state index contributed by atoms with van der Waals surface area (Å²) in [5.41, 5.74) is 0. The second-order valence-corrected chi connectivity index (χ2v) is 16.6. The molecule has 0 heterocycles. The molecule has 55 heavy (non-hydrogen) atoms. The number of rotatable bonds is 35. The van der Waals surface area contributed by atoms with Gasteiger partial charge < -0.3 is 39.9 Å². The Morgan fingerprint density at radius 2 is 0.927 bits per heavy atom. The highest BCUT2D eigenvalue weighted by Crippen LogP contribution is 2.47. The van der Waals surface area contributed by atoms with Gasteiger partial charge in [-0.3, -0.25) is 18.6 Å². The van der Waals surface area contributed by atoms with Gasteiger partial charge in [-0.25, -0.2) is 4.57 Å². The van der Waals surface area contributed by atoms with E-state index in [1.807, 2.05) is 0 Å². The highest BCUT2D eigenvalue weighted by Gasteiger charge is 2.51. The van der Waals surface area contributed by atoms with Crippen LogP contribution in [0.5, 0.6) is 0 Å². The largest absolute Gasteiger partial charge is 0.472 e. The minimum absolute atomic E-state index is 0.0993. The van der Waals surface area contributed by atoms with Crippen molar-refractivity contribution in [2.45, 2.75) is 224 Å². The van der Waals surface area contributed by atoms with Crippen LogP contribution in [0, 0.1) is 0 Å². The fourth-order valence-corrected chi connectivity index (χ4v) is 7.55. The summed E-state index contributed by atoms with van der Waals surface area (Å²) in [7, 11) is -5.10. The lowest BCUT2D eigenvalue weighted by Crippen LogP contribution is -2.64. The Labute approximate surface area is 331 Å². The number of hydrogen-bond donors (Lipinski definition) is 6. The second-order valence-electron chi connectivity index (χ2n) is 15.2. The molecule has 0 radical (unpaired) electrons. The fraction of sp³-hybridized carbons (Fsp3) is 0.902. The summed E-state index contributed by atoms with van der Waals surface area (Å²) in [6.45, 7) is 3.25. The summed E-state index contributed by atoms with van der Waals surface area (Å²) in [4.78, 5) is 35.5. The molecule has 1 rings (SSSR count). The summed E-state index contributed by atoms with van der Waals surface area (Å²) in [6.07, 6.45) is 18.6. The van der Waals surface area contributed by atoms with E-state index in [1.165, 1.54) is 83.5 Å². The van der Waals surface area contributed by atoms with Crippen LogP contribution < -0.4 is 0 Å². The van der Waals surface area contributed by atoms with E-state index in [0.717, 1.165) is 57.8 Å². The van der Waals surface area contributed by atoms with Crippen molar-refractivity contribution in [2.75, 3.05) is 13.2 Å². The van der Waals surface area contributed by atoms with Crippen LogP contribution in [0.2, 0.25) is 0 Å². The zero-order valence-electron chi connectivity index (χ0n) is 34.0. The number of ether oxygens (including phenoxy) is 2. The van der Waals surface area contributed by atoms with Gasteiger partial charge in [-0.15, -0.1) is 0 Å². The van der Waals surface area contributed by atoms with Gasteiger partial charge in [-0.2, -0.15) is 0 Å². The van der Waals surface area contributed by atoms with E-state index in [-0.39, 0.29) is 12.8 Å². The van der Waals surface area contributed by atoms with Crippen molar-refractivity contribution >= 4 is 19.8 Å². The molecule has 0 saturated heterocycles. The molecular formula is C41H77O13P. The number of hydrogen-bond acceptors (Lipinski definition) is 12. The number of aliphatic hydroxyl groups is 5. The van der Waals surface area contributed by atoms with Gasteiger partial charge in [0, 0.05) is 12.8 Å². The molecule has 14 heteroatoms. The van der Waals surface area contributed by atoms with Crippen molar-refractivity contribution < 1.29 is 63.1 Å². The molecule has 0 aliphatic heterocycles. The molecule has 0 bridgehead atoms. The van der Waals surface area contributed by atoms with Crippen LogP contribution in [0.3, 0.4) is 0 Å². The fourth-order valence-electron chi connectivity index (χ4n) is 6.58. The molecule has 0 spiro atoms. The molecule has 0 aromatic heterocycles. The predicted molar refractivity (Wildman–Crippen MR) is 212 cm³/mol. The van der Waals surface area contributed by atoms with Crippen molar-refractivity contribution in [1.29, 1.82) is 0 Å². The van der Waals surface area contributed by atoms with Gasteiger partial charge in [0.1, 0.15) is 43.2 Å². The molecule has 0 aromatic carbocycles. The maximum Gasteiger partial charge on any atom is 0.472 e. The minimum atomic E-state index is -5.10. The molecule has 13 nitrogen and oxygen atoms in total. The molecule has 324 valence electrons. The third kappa shape index (κ3) is 25.5. The van der Waals surface area contributed by atoms with E-state index in [2.05, 4.69) is 26.0 Å². The third-order valence-electron chi connectivity index (χ3n) is 10.1. The summed E-state index contributed by atoms with van der Waals surface area (Å²) in [5.74, 6) is -1.10. The molecular weight excluding hydrogens is 731 g/mol. The predicted octanol–water partition coefficient (Wildman–Crippen LogP) is 7.50. The Balaban J connectivity index is 2.45. The third-order valence-corrected chi connectivity index (χ3v) is 11.1. The van der Waals surface area contributed by atoms with Crippen molar-refractivity contribution in [3.8, 4) is 0 Å². The highest BCUT2D eigenvalue weighted by atomic mass is 31.2. The van der Waals surface area contributed by atoms with Crippen molar-refractivity contribution in [3.63, 3.8) is 0 Å². The number of phosphoric ester groups is 1. The lowest BCUT2D eigenvalue weighted by Gasteiger charge is -2.41. The maximum absolute atomic E-state index is 12.7. The molecule has 0 amide bonds. The first-order valence-corrected chi connectivity index (χ1v) is 23.0. The first kappa shape index (κ1) is 51.6. The van der Waals surface area contributed by atoms with Gasteiger partial charge in [0.2, 0.25) is 0 Å². The van der Waals surface area contributed by atoms with E-state index in [1.54, 1.807) is 0 Å². The van der Waals surface area contributed by atoms with E-state index >= 15 is 0 Å². The number of aliphatic hydroxyl groups excluding tert-OH is 5. The summed E-state index contributed by atoms with van der Waals surface area (Å²) >= 11 is 0. The van der Waals surface area contributed by atoms with Crippen LogP contribution in [-0.2, 0) is 32.7 Å². The average Bonchev–Trinajstić information content (AvgIpc) is 3.16. The molecule has 1 fully saturated rings. The molecule has 1 saturated carbocycles. The van der Waals surface area contributed by atoms with Crippen LogP contribution in [0.1, 0.15) is 181 Å². The second kappa shape index (κ2) is 32.5. The maximum atomic E-state index is 12.7. The lowest BCUT2D eigenvalue weighted by molar-refractivity contribution is -0.220. The smallest absolute Gasteiger partial charge is 0.462 e. The van der Waals surface area contributed by atoms with Crippen LogP contribution in [0.25, 0.3) is 0 Å². The first-order chi connectivity index (χ1) is 26.4. The highest BCUT2D eigenvalue weighted by molar-refractivity contribution is 7.47. The minimum Gasteiger partial charge on any atom is -0.462 e. The van der Waals surface area contributed by atoms with Crippen LogP contribution in [0.15, 0.2) is 12.2 Å². The Bertz CT molecular complexity index is 1030. The van der Waals surface area contributed by atoms with Gasteiger partial charge in [-0.1, -0.05) is 142 Å². The normalized spacial score (nSPS) is 23.1. The summed E-state index contributed by atoms with van der Waals surface area (Å²) in [5, 5.41) is 50.0. The van der Waals surface area contributed by atoms with Gasteiger partial charge >= 0.3 is 19.8 Å². The van der Waals surface area contributed by atoms with Crippen LogP contribution in [0.4, 0.5) is 0 Å². The van der Waals surface area contributed by atoms with E-state index in [0.29, 0.717) is 12.8 Å². The van der Waals surface area contributed by atoms with E-state index < -0.39 is 75.7 Å². The Morgan fingerprint density at radius 3 is 1.38 bits per heavy atom. The number of carbonyl (C=O) groups excluding carboxylic acids is 2. The van der Waals surface area contributed by atoms with Crippen molar-refractivity contribution in [2.24, 2.45) is 0 Å². The molecule has 6 N–H and O–H groups in total. The molecule has 8 atom stereocenters. The molecule has 1 aliphatic rings. The van der Waals surface area contributed by atoms with Gasteiger partial charge in [0.05, 0.1) is 6.61 Å². The number of allylic oxidation sites excluding steroid dienone is 2. The number of carbonyl (C=O) groups is 2. The average molecular weight is 809 g/mol. The van der Waals surface area contributed by atoms with Gasteiger partial charge in [0.25, 0.3) is 0 Å². The van der Waals surface area contributed by atoms with Crippen molar-refractivity contribution in [1.82, 2.24) is 0 Å². The first-order valence-electron chi connectivity index (χ1n) is 21.5. The Hall–Kier alpha value is -1.41. The Kier molecular flexibility index (Phi) is 30.5. The molecule has 0 aromatic rings. The summed E-state index contributed by atoms with van der Waals surface area (Å²) in [6, 6.07) is 0. The SMILES string of the molecule is CCCCCCCC/C=C\CCCCCCCCCC(=O)OC[C@H](COP(=O)(O)OC1C(O)C(O)C(O)[C@@H](O)C1O)OC(=O)CCCCCCCCCCC. The molecule has 1 aliphatic carbocycles. The monoisotopic (exact) mass is 809 g/mol. The van der Waals surface area contributed by atoms with Crippen LogP contribution >= 0.6 is 7.82 Å². The molecule has 6 unspecified atom stereocenters. The number of esters is 2. The van der Waals surface area contributed by atoms with Gasteiger partial charge in [-0.05, 0) is 38.5 Å². The Morgan fingerprint density at radius 1 is 0.545 bits per heavy atom. The van der Waals surface area contributed by atoms with E-state index in [4.69, 9.17) is 18.5 Å². The quantitative estimate of drug-likeness (QED) is 0.0159. The number of unbranched alkanes of at least 4 members (excludes halogenated alkanes) is 21. The number of phosphoric acid groups is 1. The summed E-state index contributed by atoms with van der Waals surface area (Å²) < 4.78 is 33.4. The van der Waals surface area contributed by atoms with Crippen molar-refractivity contribution in [3.05, 3.63) is 12.2 Å². The van der Waals surface area contributed by atoms with Crippen LogP contribution in [-0.4, -0.2) is 98.3 Å². The van der Waals surface area contributed by atoms with E-state index in [9.17, 15) is 44.6 Å².